The average Bonchev–Trinajstić information content (AvgIpc) is 3.12. The lowest BCUT2D eigenvalue weighted by atomic mass is 9.83. The summed E-state index contributed by atoms with van der Waals surface area (Å²) in [7, 11) is 0. The van der Waals surface area contributed by atoms with E-state index < -0.39 is 11.5 Å². The molecule has 6 nitrogen and oxygen atoms in total. The van der Waals surface area contributed by atoms with E-state index >= 15 is 0 Å². The molecule has 1 saturated carbocycles. The number of carbonyl (C=O) groups is 1. The number of aryl methyl sites for hydroxylation is 1. The molecule has 0 saturated heterocycles. The van der Waals surface area contributed by atoms with Crippen molar-refractivity contribution in [1.82, 2.24) is 15.1 Å². The molecule has 1 aliphatic carbocycles. The Kier molecular flexibility index (Phi) is 5.10. The Bertz CT molecular complexity index is 1030. The number of nitrogens with one attached hydrogen (secondary N) is 1. The highest BCUT2D eigenvalue weighted by molar-refractivity contribution is 5.95. The highest BCUT2D eigenvalue weighted by atomic mass is 16.4. The Morgan fingerprint density at radius 3 is 2.68 bits per heavy atom. The van der Waals surface area contributed by atoms with Crippen LogP contribution < -0.4 is 10.9 Å². The van der Waals surface area contributed by atoms with Crippen LogP contribution in [0.1, 0.15) is 58.0 Å². The lowest BCUT2D eigenvalue weighted by Crippen LogP contribution is -2.30. The smallest absolute Gasteiger partial charge is 0.349 e. The molecule has 0 bridgehead atoms. The van der Waals surface area contributed by atoms with Crippen molar-refractivity contribution in [2.45, 2.75) is 45.2 Å². The standard InChI is InChI=1S/C22H23N3O3/c1-15-12-19(16-8-4-9-16)28-22(27)20(15)21(26)23-13-17-6-2-3-7-18(17)14-25-11-5-10-24-25/h2-3,5-7,10-12,16H,4,8-9,13-14H2,1H3,(H,23,26). The fourth-order valence-corrected chi connectivity index (χ4v) is 3.52. The number of hydrogen-bond acceptors (Lipinski definition) is 4. The molecule has 144 valence electrons. The number of aromatic nitrogens is 2. The van der Waals surface area contributed by atoms with Gasteiger partial charge in [0.1, 0.15) is 11.3 Å². The minimum atomic E-state index is -0.552. The minimum absolute atomic E-state index is 0.0904. The van der Waals surface area contributed by atoms with Gasteiger partial charge in [0.15, 0.2) is 0 Å². The molecule has 4 rings (SSSR count). The highest BCUT2D eigenvalue weighted by Gasteiger charge is 2.25. The van der Waals surface area contributed by atoms with Crippen LogP contribution in [0.2, 0.25) is 0 Å². The van der Waals surface area contributed by atoms with Crippen molar-refractivity contribution in [3.8, 4) is 0 Å². The van der Waals surface area contributed by atoms with Crippen LogP contribution in [-0.2, 0) is 13.1 Å². The summed E-state index contributed by atoms with van der Waals surface area (Å²) in [4.78, 5) is 25.1. The normalized spacial score (nSPS) is 13.9. The number of carbonyl (C=O) groups excluding carboxylic acids is 1. The molecular weight excluding hydrogens is 354 g/mol. The van der Waals surface area contributed by atoms with Gasteiger partial charge in [0.25, 0.3) is 5.91 Å². The Morgan fingerprint density at radius 1 is 1.25 bits per heavy atom. The van der Waals surface area contributed by atoms with E-state index in [0.29, 0.717) is 30.3 Å². The first-order valence-corrected chi connectivity index (χ1v) is 9.59. The fraction of sp³-hybridized carbons (Fsp3) is 0.318. The molecule has 2 heterocycles. The summed E-state index contributed by atoms with van der Waals surface area (Å²) in [5, 5.41) is 7.09. The molecule has 0 radical (unpaired) electrons. The van der Waals surface area contributed by atoms with E-state index in [1.165, 1.54) is 0 Å². The zero-order valence-electron chi connectivity index (χ0n) is 15.9. The molecule has 6 heteroatoms. The van der Waals surface area contributed by atoms with E-state index in [0.717, 1.165) is 30.4 Å². The maximum atomic E-state index is 12.7. The minimum Gasteiger partial charge on any atom is -0.427 e. The van der Waals surface area contributed by atoms with Gasteiger partial charge in [-0.15, -0.1) is 0 Å². The Hall–Kier alpha value is -3.15. The van der Waals surface area contributed by atoms with Crippen molar-refractivity contribution in [2.75, 3.05) is 0 Å². The van der Waals surface area contributed by atoms with Crippen LogP contribution >= 0.6 is 0 Å². The summed E-state index contributed by atoms with van der Waals surface area (Å²) in [6, 6.07) is 11.6. The SMILES string of the molecule is Cc1cc(C2CCC2)oc(=O)c1C(=O)NCc1ccccc1Cn1cccn1. The van der Waals surface area contributed by atoms with E-state index in [-0.39, 0.29) is 5.56 Å². The van der Waals surface area contributed by atoms with Crippen molar-refractivity contribution >= 4 is 5.91 Å². The van der Waals surface area contributed by atoms with Crippen LogP contribution in [0.15, 0.2) is 58.0 Å². The number of amides is 1. The molecule has 0 spiro atoms. The zero-order chi connectivity index (χ0) is 19.5. The molecule has 1 N–H and O–H groups in total. The molecule has 0 atom stereocenters. The molecular formula is C22H23N3O3. The zero-order valence-corrected chi connectivity index (χ0v) is 15.9. The van der Waals surface area contributed by atoms with Gasteiger partial charge in [-0.2, -0.15) is 5.10 Å². The Morgan fingerprint density at radius 2 is 2.04 bits per heavy atom. The van der Waals surface area contributed by atoms with Crippen LogP contribution in [0.3, 0.4) is 0 Å². The van der Waals surface area contributed by atoms with Gasteiger partial charge in [-0.25, -0.2) is 4.79 Å². The second-order valence-electron chi connectivity index (χ2n) is 7.28. The third kappa shape index (κ3) is 3.76. The number of nitrogens with zero attached hydrogens (tertiary/aromatic N) is 2. The number of rotatable bonds is 6. The summed E-state index contributed by atoms with van der Waals surface area (Å²) >= 11 is 0. The summed E-state index contributed by atoms with van der Waals surface area (Å²) in [5.74, 6) is 0.618. The van der Waals surface area contributed by atoms with Crippen molar-refractivity contribution in [1.29, 1.82) is 0 Å². The topological polar surface area (TPSA) is 77.1 Å². The van der Waals surface area contributed by atoms with Crippen molar-refractivity contribution in [2.24, 2.45) is 0 Å². The molecule has 0 unspecified atom stereocenters. The van der Waals surface area contributed by atoms with E-state index in [1.54, 1.807) is 13.1 Å². The number of hydrogen-bond donors (Lipinski definition) is 1. The van der Waals surface area contributed by atoms with E-state index in [9.17, 15) is 9.59 Å². The predicted octanol–water partition coefficient (Wildman–Crippen LogP) is 3.39. The molecule has 0 aliphatic heterocycles. The second kappa shape index (κ2) is 7.84. The molecule has 1 fully saturated rings. The third-order valence-electron chi connectivity index (χ3n) is 5.35. The first-order valence-electron chi connectivity index (χ1n) is 9.59. The van der Waals surface area contributed by atoms with E-state index in [4.69, 9.17) is 4.42 Å². The van der Waals surface area contributed by atoms with Gasteiger partial charge >= 0.3 is 5.63 Å². The van der Waals surface area contributed by atoms with Crippen LogP contribution in [0, 0.1) is 6.92 Å². The van der Waals surface area contributed by atoms with Crippen molar-refractivity contribution < 1.29 is 9.21 Å². The largest absolute Gasteiger partial charge is 0.427 e. The third-order valence-corrected chi connectivity index (χ3v) is 5.35. The molecule has 2 aromatic heterocycles. The van der Waals surface area contributed by atoms with Gasteiger partial charge in [-0.05, 0) is 48.6 Å². The molecule has 1 aromatic carbocycles. The van der Waals surface area contributed by atoms with Crippen LogP contribution in [0.25, 0.3) is 0 Å². The van der Waals surface area contributed by atoms with E-state index in [1.807, 2.05) is 47.3 Å². The van der Waals surface area contributed by atoms with Crippen LogP contribution in [-0.4, -0.2) is 15.7 Å². The summed E-state index contributed by atoms with van der Waals surface area (Å²) in [5.41, 5.74) is 2.26. The van der Waals surface area contributed by atoms with Gasteiger partial charge < -0.3 is 9.73 Å². The van der Waals surface area contributed by atoms with Gasteiger partial charge in [-0.3, -0.25) is 9.48 Å². The average molecular weight is 377 g/mol. The summed E-state index contributed by atoms with van der Waals surface area (Å²) in [6.45, 7) is 2.75. The van der Waals surface area contributed by atoms with Crippen LogP contribution in [0.4, 0.5) is 0 Å². The van der Waals surface area contributed by atoms with Gasteiger partial charge in [-0.1, -0.05) is 30.7 Å². The van der Waals surface area contributed by atoms with Gasteiger partial charge in [0, 0.05) is 24.9 Å². The van der Waals surface area contributed by atoms with Crippen molar-refractivity contribution in [3.05, 3.63) is 87.2 Å². The predicted molar refractivity (Wildman–Crippen MR) is 105 cm³/mol. The molecule has 1 amide bonds. The monoisotopic (exact) mass is 377 g/mol. The first-order chi connectivity index (χ1) is 13.6. The fourth-order valence-electron chi connectivity index (χ4n) is 3.52. The maximum absolute atomic E-state index is 12.7. The lowest BCUT2D eigenvalue weighted by Gasteiger charge is -2.24. The molecule has 28 heavy (non-hydrogen) atoms. The molecule has 1 aliphatic rings. The summed E-state index contributed by atoms with van der Waals surface area (Å²) < 4.78 is 7.26. The van der Waals surface area contributed by atoms with Gasteiger partial charge in [0.2, 0.25) is 0 Å². The van der Waals surface area contributed by atoms with Gasteiger partial charge in [0.05, 0.1) is 6.54 Å². The van der Waals surface area contributed by atoms with E-state index in [2.05, 4.69) is 10.4 Å². The van der Waals surface area contributed by atoms with Crippen molar-refractivity contribution in [3.63, 3.8) is 0 Å². The summed E-state index contributed by atoms with van der Waals surface area (Å²) in [6.07, 6.45) is 6.88. The quantitative estimate of drug-likeness (QED) is 0.714. The highest BCUT2D eigenvalue weighted by Crippen LogP contribution is 2.36. The number of benzene rings is 1. The Labute approximate surface area is 163 Å². The first kappa shape index (κ1) is 18.2. The Balaban J connectivity index is 1.49. The lowest BCUT2D eigenvalue weighted by molar-refractivity contribution is 0.0945. The molecule has 3 aromatic rings. The van der Waals surface area contributed by atoms with Crippen LogP contribution in [0.5, 0.6) is 0 Å². The maximum Gasteiger partial charge on any atom is 0.349 e. The second-order valence-corrected chi connectivity index (χ2v) is 7.28.